The molecule has 0 unspecified atom stereocenters. The highest BCUT2D eigenvalue weighted by Crippen LogP contribution is 2.31. The number of nitrogens with zero attached hydrogens (tertiary/aromatic N) is 2. The fraction of sp³-hybridized carbons (Fsp3) is 0.588. The molecule has 0 aromatic heterocycles. The quantitative estimate of drug-likeness (QED) is 0.847. The summed E-state index contributed by atoms with van der Waals surface area (Å²) in [4.78, 5) is 16.8. The second kappa shape index (κ2) is 6.92. The van der Waals surface area contributed by atoms with Gasteiger partial charge in [-0.3, -0.25) is 4.79 Å². The molecule has 2 aliphatic heterocycles. The maximum atomic E-state index is 13.1. The van der Waals surface area contributed by atoms with Crippen LogP contribution in [-0.4, -0.2) is 69.5 Å². The van der Waals surface area contributed by atoms with Gasteiger partial charge >= 0.3 is 0 Å². The average Bonchev–Trinajstić information content (AvgIpc) is 2.61. The van der Waals surface area contributed by atoms with Gasteiger partial charge in [0.05, 0.1) is 0 Å². The molecule has 1 aromatic carbocycles. The Bertz CT molecular complexity index is 722. The van der Waals surface area contributed by atoms with Gasteiger partial charge in [0.25, 0.3) is 0 Å². The van der Waals surface area contributed by atoms with Crippen LogP contribution in [0.1, 0.15) is 12.8 Å². The Morgan fingerprint density at radius 1 is 1.08 bits per heavy atom. The van der Waals surface area contributed by atoms with E-state index in [0.717, 1.165) is 5.69 Å². The van der Waals surface area contributed by atoms with Crippen LogP contribution in [-0.2, 0) is 14.6 Å². The summed E-state index contributed by atoms with van der Waals surface area (Å²) < 4.78 is 36.5. The summed E-state index contributed by atoms with van der Waals surface area (Å²) in [6, 6.07) is 6.27. The summed E-state index contributed by atoms with van der Waals surface area (Å²) in [5.41, 5.74) is 0.910. The molecule has 8 heteroatoms. The number of carbonyl (C=O) groups excluding carboxylic acids is 1. The second-order valence-electron chi connectivity index (χ2n) is 6.77. The fourth-order valence-electron chi connectivity index (χ4n) is 3.68. The molecule has 6 nitrogen and oxygen atoms in total. The lowest BCUT2D eigenvalue weighted by molar-refractivity contribution is -0.135. The summed E-state index contributed by atoms with van der Waals surface area (Å²) >= 11 is 0. The van der Waals surface area contributed by atoms with Crippen LogP contribution in [0.2, 0.25) is 0 Å². The Morgan fingerprint density at radius 2 is 1.64 bits per heavy atom. The maximum absolute atomic E-state index is 13.1. The highest BCUT2D eigenvalue weighted by Gasteiger charge is 2.50. The van der Waals surface area contributed by atoms with E-state index in [1.54, 1.807) is 17.0 Å². The van der Waals surface area contributed by atoms with Crippen molar-refractivity contribution >= 4 is 21.4 Å². The first-order chi connectivity index (χ1) is 11.8. The Morgan fingerprint density at radius 3 is 2.16 bits per heavy atom. The minimum absolute atomic E-state index is 0.268. The number of nitrogens with one attached hydrogen (secondary N) is 1. The first-order valence-corrected chi connectivity index (χ1v) is 10.4. The van der Waals surface area contributed by atoms with Gasteiger partial charge in [-0.05, 0) is 50.2 Å². The van der Waals surface area contributed by atoms with Gasteiger partial charge in [0.15, 0.2) is 14.6 Å². The second-order valence-corrected chi connectivity index (χ2v) is 9.10. The molecule has 1 amide bonds. The third kappa shape index (κ3) is 3.50. The molecule has 1 N–H and O–H groups in total. The van der Waals surface area contributed by atoms with Gasteiger partial charge in [0.1, 0.15) is 5.82 Å². The first kappa shape index (κ1) is 18.1. The minimum Gasteiger partial charge on any atom is -0.368 e. The van der Waals surface area contributed by atoms with Gasteiger partial charge in [0, 0.05) is 38.1 Å². The van der Waals surface area contributed by atoms with Crippen LogP contribution >= 0.6 is 0 Å². The molecule has 25 heavy (non-hydrogen) atoms. The zero-order valence-corrected chi connectivity index (χ0v) is 15.2. The number of piperidine rings is 1. The van der Waals surface area contributed by atoms with Crippen molar-refractivity contribution in [3.8, 4) is 0 Å². The molecule has 1 aromatic rings. The fourth-order valence-corrected chi connectivity index (χ4v) is 5.07. The Kier molecular flexibility index (Phi) is 5.02. The number of sulfone groups is 1. The summed E-state index contributed by atoms with van der Waals surface area (Å²) in [5.74, 6) is -0.547. The van der Waals surface area contributed by atoms with E-state index in [1.165, 1.54) is 18.4 Å². The Balaban J connectivity index is 1.71. The molecule has 2 aliphatic rings. The van der Waals surface area contributed by atoms with Crippen molar-refractivity contribution in [3.05, 3.63) is 30.1 Å². The number of anilines is 1. The zero-order chi connectivity index (χ0) is 18.1. The standard InChI is InChI=1S/C17H24FN3O3S/c1-25(23,24)17(6-8-19-9-7-17)16(22)21-12-10-20(11-13-21)15-4-2-14(18)3-5-15/h2-5,19H,6-13H2,1H3. The van der Waals surface area contributed by atoms with Gasteiger partial charge < -0.3 is 15.1 Å². The van der Waals surface area contributed by atoms with Gasteiger partial charge in [-0.15, -0.1) is 0 Å². The Labute approximate surface area is 147 Å². The van der Waals surface area contributed by atoms with Crippen LogP contribution < -0.4 is 10.2 Å². The van der Waals surface area contributed by atoms with E-state index in [1.807, 2.05) is 0 Å². The number of halogens is 1. The van der Waals surface area contributed by atoms with Crippen molar-refractivity contribution in [2.45, 2.75) is 17.6 Å². The monoisotopic (exact) mass is 369 g/mol. The number of carbonyl (C=O) groups is 1. The van der Waals surface area contributed by atoms with E-state index in [0.29, 0.717) is 52.1 Å². The number of hydrogen-bond donors (Lipinski definition) is 1. The van der Waals surface area contributed by atoms with Crippen LogP contribution in [0.4, 0.5) is 10.1 Å². The van der Waals surface area contributed by atoms with Gasteiger partial charge in [0.2, 0.25) is 5.91 Å². The van der Waals surface area contributed by atoms with E-state index in [-0.39, 0.29) is 11.7 Å². The number of piperazine rings is 1. The molecule has 2 heterocycles. The van der Waals surface area contributed by atoms with Crippen molar-refractivity contribution in [2.24, 2.45) is 0 Å². The van der Waals surface area contributed by atoms with Gasteiger partial charge in [-0.25, -0.2) is 12.8 Å². The molecule has 0 atom stereocenters. The molecule has 0 spiro atoms. The van der Waals surface area contributed by atoms with Crippen LogP contribution in [0.3, 0.4) is 0 Å². The molecule has 0 aliphatic carbocycles. The van der Waals surface area contributed by atoms with E-state index in [4.69, 9.17) is 0 Å². The van der Waals surface area contributed by atoms with Crippen molar-refractivity contribution < 1.29 is 17.6 Å². The molecule has 138 valence electrons. The molecular weight excluding hydrogens is 345 g/mol. The molecule has 3 rings (SSSR count). The lowest BCUT2D eigenvalue weighted by Crippen LogP contribution is -2.61. The Hall–Kier alpha value is -1.67. The molecule has 2 saturated heterocycles. The topological polar surface area (TPSA) is 69.7 Å². The van der Waals surface area contributed by atoms with Gasteiger partial charge in [-0.2, -0.15) is 0 Å². The third-order valence-electron chi connectivity index (χ3n) is 5.27. The zero-order valence-electron chi connectivity index (χ0n) is 14.4. The maximum Gasteiger partial charge on any atom is 0.244 e. The minimum atomic E-state index is -3.49. The van der Waals surface area contributed by atoms with Crippen molar-refractivity contribution in [1.82, 2.24) is 10.2 Å². The first-order valence-electron chi connectivity index (χ1n) is 8.54. The lowest BCUT2D eigenvalue weighted by Gasteiger charge is -2.42. The summed E-state index contributed by atoms with van der Waals surface area (Å²) in [6.07, 6.45) is 1.82. The summed E-state index contributed by atoms with van der Waals surface area (Å²) in [5, 5.41) is 3.13. The van der Waals surface area contributed by atoms with Crippen LogP contribution in [0.25, 0.3) is 0 Å². The summed E-state index contributed by atoms with van der Waals surface area (Å²) in [6.45, 7) is 3.23. The van der Waals surface area contributed by atoms with E-state index < -0.39 is 14.6 Å². The lowest BCUT2D eigenvalue weighted by atomic mass is 9.94. The van der Waals surface area contributed by atoms with Crippen molar-refractivity contribution in [2.75, 3.05) is 50.4 Å². The van der Waals surface area contributed by atoms with Crippen LogP contribution in [0.5, 0.6) is 0 Å². The van der Waals surface area contributed by atoms with E-state index in [9.17, 15) is 17.6 Å². The largest absolute Gasteiger partial charge is 0.368 e. The molecule has 0 saturated carbocycles. The highest BCUT2D eigenvalue weighted by molar-refractivity contribution is 7.92. The van der Waals surface area contributed by atoms with E-state index in [2.05, 4.69) is 10.2 Å². The van der Waals surface area contributed by atoms with Crippen molar-refractivity contribution in [3.63, 3.8) is 0 Å². The number of benzene rings is 1. The highest BCUT2D eigenvalue weighted by atomic mass is 32.2. The third-order valence-corrected chi connectivity index (χ3v) is 7.27. The number of hydrogen-bond acceptors (Lipinski definition) is 5. The average molecular weight is 369 g/mol. The summed E-state index contributed by atoms with van der Waals surface area (Å²) in [7, 11) is -3.49. The van der Waals surface area contributed by atoms with Crippen molar-refractivity contribution in [1.29, 1.82) is 0 Å². The molecule has 2 fully saturated rings. The smallest absolute Gasteiger partial charge is 0.244 e. The predicted molar refractivity (Wildman–Crippen MR) is 94.9 cm³/mol. The van der Waals surface area contributed by atoms with Gasteiger partial charge in [-0.1, -0.05) is 0 Å². The van der Waals surface area contributed by atoms with E-state index >= 15 is 0 Å². The molecular formula is C17H24FN3O3S. The number of amides is 1. The van der Waals surface area contributed by atoms with Crippen LogP contribution in [0, 0.1) is 5.82 Å². The van der Waals surface area contributed by atoms with Crippen LogP contribution in [0.15, 0.2) is 24.3 Å². The normalized spacial score (nSPS) is 21.2. The predicted octanol–water partition coefficient (Wildman–Crippen LogP) is 0.641. The SMILES string of the molecule is CS(=O)(=O)C1(C(=O)N2CCN(c3ccc(F)cc3)CC2)CCNCC1. The number of rotatable bonds is 3. The molecule has 0 bridgehead atoms. The molecule has 0 radical (unpaired) electrons.